The van der Waals surface area contributed by atoms with E-state index < -0.39 is 15.1 Å². The highest BCUT2D eigenvalue weighted by atomic mass is 32.2. The smallest absolute Gasteiger partial charge is 0.293 e. The van der Waals surface area contributed by atoms with E-state index in [1.165, 1.54) is 14.7 Å². The van der Waals surface area contributed by atoms with Crippen molar-refractivity contribution in [1.82, 2.24) is 13.9 Å². The molecule has 0 spiro atoms. The molecule has 0 bridgehead atoms. The van der Waals surface area contributed by atoms with Crippen molar-refractivity contribution in [3.05, 3.63) is 33.9 Å². The quantitative estimate of drug-likeness (QED) is 0.486. The zero-order valence-electron chi connectivity index (χ0n) is 19.0. The van der Waals surface area contributed by atoms with E-state index in [2.05, 4.69) is 5.32 Å². The van der Waals surface area contributed by atoms with Gasteiger partial charge in [0, 0.05) is 56.9 Å². The fourth-order valence-corrected chi connectivity index (χ4v) is 5.98. The lowest BCUT2D eigenvalue weighted by Crippen LogP contribution is -2.54. The normalized spacial score (nSPS) is 18.8. The van der Waals surface area contributed by atoms with Crippen molar-refractivity contribution in [2.45, 2.75) is 58.0 Å². The number of hydrogen-bond acceptors (Lipinski definition) is 6. The summed E-state index contributed by atoms with van der Waals surface area (Å²) >= 11 is 0. The minimum Gasteiger partial charge on any atom is -0.363 e. The second kappa shape index (κ2) is 10.1. The fourth-order valence-electron chi connectivity index (χ4n) is 4.40. The van der Waals surface area contributed by atoms with Gasteiger partial charge in [-0.2, -0.15) is 17.0 Å². The molecule has 1 aliphatic carbocycles. The van der Waals surface area contributed by atoms with Gasteiger partial charge in [0.2, 0.25) is 0 Å². The van der Waals surface area contributed by atoms with Crippen LogP contribution in [-0.2, 0) is 10.2 Å². The van der Waals surface area contributed by atoms with Gasteiger partial charge in [0.25, 0.3) is 21.8 Å². The predicted molar refractivity (Wildman–Crippen MR) is 123 cm³/mol. The van der Waals surface area contributed by atoms with Crippen LogP contribution >= 0.6 is 0 Å². The van der Waals surface area contributed by atoms with Crippen LogP contribution in [0.2, 0.25) is 0 Å². The Balaban J connectivity index is 1.71. The van der Waals surface area contributed by atoms with Gasteiger partial charge < -0.3 is 10.2 Å². The number of piperazine rings is 1. The Morgan fingerprint density at radius 3 is 2.34 bits per heavy atom. The molecule has 0 atom stereocenters. The molecule has 10 nitrogen and oxygen atoms in total. The number of carbonyl (C=O) groups excluding carboxylic acids is 1. The number of carbonyl (C=O) groups is 1. The van der Waals surface area contributed by atoms with E-state index in [0.29, 0.717) is 18.8 Å². The molecule has 3 rings (SSSR count). The summed E-state index contributed by atoms with van der Waals surface area (Å²) in [5.41, 5.74) is 0.468. The minimum atomic E-state index is -3.57. The molecule has 2 aliphatic rings. The van der Waals surface area contributed by atoms with Gasteiger partial charge >= 0.3 is 0 Å². The molecule has 32 heavy (non-hydrogen) atoms. The van der Waals surface area contributed by atoms with Crippen molar-refractivity contribution >= 4 is 27.5 Å². The first kappa shape index (κ1) is 24.4. The molecule has 11 heteroatoms. The number of nitro benzene ring substituents is 1. The van der Waals surface area contributed by atoms with Gasteiger partial charge in [-0.3, -0.25) is 14.9 Å². The standard InChI is InChI=1S/C21H33N5O5S/c1-16(2)22-21(27)17-9-10-19(20(15-17)26(28)29)24-11-13-25(14-12-24)32(30,31)23(3)18-7-5-4-6-8-18/h9-10,15-16,18H,4-8,11-14H2,1-3H3,(H,22,27). The molecule has 1 heterocycles. The molecule has 1 amide bonds. The topological polar surface area (TPSA) is 116 Å². The van der Waals surface area contributed by atoms with Crippen LogP contribution in [0.5, 0.6) is 0 Å². The Hall–Kier alpha value is -2.24. The predicted octanol–water partition coefficient (Wildman–Crippen LogP) is 2.36. The highest BCUT2D eigenvalue weighted by molar-refractivity contribution is 7.86. The Labute approximate surface area is 189 Å². The van der Waals surface area contributed by atoms with Crippen molar-refractivity contribution in [1.29, 1.82) is 0 Å². The number of amides is 1. The Morgan fingerprint density at radius 1 is 1.16 bits per heavy atom. The molecule has 0 radical (unpaired) electrons. The van der Waals surface area contributed by atoms with Crippen LogP contribution in [0.25, 0.3) is 0 Å². The van der Waals surface area contributed by atoms with E-state index >= 15 is 0 Å². The maximum absolute atomic E-state index is 13.1. The zero-order valence-corrected chi connectivity index (χ0v) is 19.8. The lowest BCUT2D eigenvalue weighted by Gasteiger charge is -2.39. The van der Waals surface area contributed by atoms with Gasteiger partial charge in [0.1, 0.15) is 5.69 Å². The third-order valence-electron chi connectivity index (χ3n) is 6.21. The number of benzene rings is 1. The highest BCUT2D eigenvalue weighted by Crippen LogP contribution is 2.31. The van der Waals surface area contributed by atoms with Gasteiger partial charge in [-0.05, 0) is 38.8 Å². The van der Waals surface area contributed by atoms with Crippen LogP contribution in [0.3, 0.4) is 0 Å². The first-order valence-electron chi connectivity index (χ1n) is 11.2. The van der Waals surface area contributed by atoms with Gasteiger partial charge in [0.15, 0.2) is 0 Å². The van der Waals surface area contributed by atoms with Crippen molar-refractivity contribution in [3.8, 4) is 0 Å². The largest absolute Gasteiger partial charge is 0.363 e. The molecule has 2 fully saturated rings. The monoisotopic (exact) mass is 467 g/mol. The molecule has 1 aromatic carbocycles. The first-order valence-corrected chi connectivity index (χ1v) is 12.6. The van der Waals surface area contributed by atoms with Crippen LogP contribution in [0.1, 0.15) is 56.3 Å². The zero-order chi connectivity index (χ0) is 23.5. The van der Waals surface area contributed by atoms with E-state index in [1.807, 2.05) is 18.7 Å². The van der Waals surface area contributed by atoms with Crippen LogP contribution in [0, 0.1) is 10.1 Å². The lowest BCUT2D eigenvalue weighted by molar-refractivity contribution is -0.384. The summed E-state index contributed by atoms with van der Waals surface area (Å²) in [7, 11) is -1.91. The second-order valence-electron chi connectivity index (χ2n) is 8.79. The number of anilines is 1. The molecule has 0 aromatic heterocycles. The number of nitrogens with zero attached hydrogens (tertiary/aromatic N) is 4. The summed E-state index contributed by atoms with van der Waals surface area (Å²) in [5, 5.41) is 14.4. The SMILES string of the molecule is CC(C)NC(=O)c1ccc(N2CCN(S(=O)(=O)N(C)C3CCCCC3)CC2)c([N+](=O)[O-])c1. The van der Waals surface area contributed by atoms with E-state index in [-0.39, 0.29) is 42.3 Å². The van der Waals surface area contributed by atoms with E-state index in [0.717, 1.165) is 32.1 Å². The van der Waals surface area contributed by atoms with Crippen LogP contribution in [-0.4, -0.2) is 73.2 Å². The van der Waals surface area contributed by atoms with Crippen LogP contribution in [0.15, 0.2) is 18.2 Å². The molecule has 1 aliphatic heterocycles. The fraction of sp³-hybridized carbons (Fsp3) is 0.667. The van der Waals surface area contributed by atoms with Crippen molar-refractivity contribution in [2.75, 3.05) is 38.1 Å². The molecule has 0 unspecified atom stereocenters. The molecule has 1 saturated carbocycles. The highest BCUT2D eigenvalue weighted by Gasteiger charge is 2.35. The third kappa shape index (κ3) is 5.38. The average molecular weight is 468 g/mol. The Morgan fingerprint density at radius 2 is 1.78 bits per heavy atom. The molecular weight excluding hydrogens is 434 g/mol. The molecule has 1 N–H and O–H groups in total. The van der Waals surface area contributed by atoms with Crippen molar-refractivity contribution in [2.24, 2.45) is 0 Å². The number of nitro groups is 1. The lowest BCUT2D eigenvalue weighted by atomic mass is 9.96. The van der Waals surface area contributed by atoms with Crippen molar-refractivity contribution < 1.29 is 18.1 Å². The number of nitrogens with one attached hydrogen (secondary N) is 1. The van der Waals surface area contributed by atoms with Crippen LogP contribution < -0.4 is 10.2 Å². The minimum absolute atomic E-state index is 0.0393. The number of hydrogen-bond donors (Lipinski definition) is 1. The van der Waals surface area contributed by atoms with Gasteiger partial charge in [0.05, 0.1) is 4.92 Å². The first-order chi connectivity index (χ1) is 15.1. The average Bonchev–Trinajstić information content (AvgIpc) is 2.78. The maximum atomic E-state index is 13.1. The summed E-state index contributed by atoms with van der Waals surface area (Å²) in [6, 6.07) is 4.39. The number of rotatable bonds is 7. The summed E-state index contributed by atoms with van der Waals surface area (Å²) in [5.74, 6) is -0.365. The summed E-state index contributed by atoms with van der Waals surface area (Å²) < 4.78 is 29.2. The van der Waals surface area contributed by atoms with Crippen molar-refractivity contribution in [3.63, 3.8) is 0 Å². The molecular formula is C21H33N5O5S. The molecule has 178 valence electrons. The Kier molecular flexibility index (Phi) is 7.73. The van der Waals surface area contributed by atoms with E-state index in [9.17, 15) is 23.3 Å². The van der Waals surface area contributed by atoms with E-state index in [1.54, 1.807) is 19.2 Å². The Bertz CT molecular complexity index is 938. The third-order valence-corrected chi connectivity index (χ3v) is 8.26. The van der Waals surface area contributed by atoms with Gasteiger partial charge in [-0.15, -0.1) is 0 Å². The summed E-state index contributed by atoms with van der Waals surface area (Å²) in [4.78, 5) is 25.2. The molecule has 1 saturated heterocycles. The summed E-state index contributed by atoms with van der Waals surface area (Å²) in [6.45, 7) is 4.84. The van der Waals surface area contributed by atoms with Gasteiger partial charge in [-0.1, -0.05) is 19.3 Å². The second-order valence-corrected chi connectivity index (χ2v) is 10.8. The maximum Gasteiger partial charge on any atom is 0.293 e. The van der Waals surface area contributed by atoms with E-state index in [4.69, 9.17) is 0 Å². The van der Waals surface area contributed by atoms with Crippen LogP contribution in [0.4, 0.5) is 11.4 Å². The molecule has 1 aromatic rings. The van der Waals surface area contributed by atoms with Gasteiger partial charge in [-0.25, -0.2) is 0 Å². The summed E-state index contributed by atoms with van der Waals surface area (Å²) in [6.07, 6.45) is 5.03.